The third kappa shape index (κ3) is 5.58. The van der Waals surface area contributed by atoms with Crippen molar-refractivity contribution in [1.29, 1.82) is 0 Å². The maximum absolute atomic E-state index is 12.6. The van der Waals surface area contributed by atoms with E-state index in [2.05, 4.69) is 35.4 Å². The number of likely N-dealkylation sites (tertiary alicyclic amines) is 1. The lowest BCUT2D eigenvalue weighted by Gasteiger charge is -2.32. The minimum Gasteiger partial charge on any atom is -0.341 e. The summed E-state index contributed by atoms with van der Waals surface area (Å²) in [6.45, 7) is 5.22. The maximum Gasteiger partial charge on any atom is 0.232 e. The number of piperidine rings is 1. The summed E-state index contributed by atoms with van der Waals surface area (Å²) < 4.78 is 0. The molecule has 1 aromatic heterocycles. The number of anilines is 1. The van der Waals surface area contributed by atoms with Crippen LogP contribution in [0.4, 0.5) is 5.82 Å². The number of hydrogen-bond donors (Lipinski definition) is 1. The molecule has 1 atom stereocenters. The second kappa shape index (κ2) is 9.73. The van der Waals surface area contributed by atoms with Crippen LogP contribution in [0, 0.1) is 19.8 Å². The first kappa shape index (κ1) is 20.4. The van der Waals surface area contributed by atoms with Crippen molar-refractivity contribution < 1.29 is 9.59 Å². The molecular formula is C22H27N3O2S. The Morgan fingerprint density at radius 3 is 2.89 bits per heavy atom. The van der Waals surface area contributed by atoms with Crippen molar-refractivity contribution in [2.45, 2.75) is 32.4 Å². The largest absolute Gasteiger partial charge is 0.341 e. The predicted octanol–water partition coefficient (Wildman–Crippen LogP) is 3.81. The van der Waals surface area contributed by atoms with E-state index in [-0.39, 0.29) is 17.7 Å². The number of rotatable bonds is 6. The Hall–Kier alpha value is -2.34. The van der Waals surface area contributed by atoms with Gasteiger partial charge in [-0.25, -0.2) is 4.98 Å². The van der Waals surface area contributed by atoms with Crippen LogP contribution in [0.5, 0.6) is 0 Å². The Morgan fingerprint density at radius 2 is 2.11 bits per heavy atom. The fourth-order valence-corrected chi connectivity index (χ4v) is 4.28. The number of aryl methyl sites for hydroxylation is 2. The van der Waals surface area contributed by atoms with E-state index < -0.39 is 0 Å². The van der Waals surface area contributed by atoms with Crippen LogP contribution in [0.15, 0.2) is 42.6 Å². The van der Waals surface area contributed by atoms with Crippen molar-refractivity contribution in [1.82, 2.24) is 9.88 Å². The lowest BCUT2D eigenvalue weighted by molar-refractivity contribution is -0.132. The third-order valence-corrected chi connectivity index (χ3v) is 5.96. The van der Waals surface area contributed by atoms with Gasteiger partial charge in [-0.15, -0.1) is 11.8 Å². The molecule has 1 aliphatic rings. The number of hydrogen-bond acceptors (Lipinski definition) is 4. The maximum atomic E-state index is 12.6. The van der Waals surface area contributed by atoms with Crippen LogP contribution in [-0.2, 0) is 15.3 Å². The van der Waals surface area contributed by atoms with E-state index in [9.17, 15) is 9.59 Å². The first-order valence-corrected chi connectivity index (χ1v) is 10.8. The van der Waals surface area contributed by atoms with Gasteiger partial charge in [0, 0.05) is 25.0 Å². The van der Waals surface area contributed by atoms with Crippen LogP contribution in [-0.4, -0.2) is 40.5 Å². The second-order valence-electron chi connectivity index (χ2n) is 7.32. The van der Waals surface area contributed by atoms with Gasteiger partial charge in [-0.05, 0) is 43.9 Å². The molecule has 28 heavy (non-hydrogen) atoms. The molecule has 1 N–H and O–H groups in total. The Labute approximate surface area is 170 Å². The van der Waals surface area contributed by atoms with Crippen molar-refractivity contribution in [3.63, 3.8) is 0 Å². The molecule has 2 heterocycles. The smallest absolute Gasteiger partial charge is 0.232 e. The van der Waals surface area contributed by atoms with Gasteiger partial charge in [0.2, 0.25) is 11.8 Å². The summed E-state index contributed by atoms with van der Waals surface area (Å²) in [4.78, 5) is 31.3. The number of carbonyl (C=O) groups is 2. The second-order valence-corrected chi connectivity index (χ2v) is 8.30. The average Bonchev–Trinajstić information content (AvgIpc) is 2.70. The standard InChI is InChI=1S/C22H27N3O2S/c1-16-6-3-8-18(12-16)14-28-15-20(26)25-11-5-9-19(13-25)22(27)24-21-17(2)7-4-10-23-21/h3-4,6-8,10,12,19H,5,9,11,13-15H2,1-2H3,(H,23,24,27). The molecule has 0 spiro atoms. The number of thioether (sulfide) groups is 1. The molecule has 1 aromatic carbocycles. The van der Waals surface area contributed by atoms with Crippen LogP contribution in [0.3, 0.4) is 0 Å². The molecule has 0 bridgehead atoms. The Kier molecular flexibility index (Phi) is 7.09. The molecule has 0 aliphatic carbocycles. The quantitative estimate of drug-likeness (QED) is 0.805. The lowest BCUT2D eigenvalue weighted by Crippen LogP contribution is -2.44. The molecule has 0 saturated carbocycles. The van der Waals surface area contributed by atoms with Gasteiger partial charge in [-0.3, -0.25) is 9.59 Å². The van der Waals surface area contributed by atoms with Gasteiger partial charge >= 0.3 is 0 Å². The molecule has 6 heteroatoms. The average molecular weight is 398 g/mol. The monoisotopic (exact) mass is 397 g/mol. The molecular weight excluding hydrogens is 370 g/mol. The first-order valence-electron chi connectivity index (χ1n) is 9.66. The van der Waals surface area contributed by atoms with E-state index >= 15 is 0 Å². The van der Waals surface area contributed by atoms with E-state index in [1.807, 2.05) is 30.0 Å². The van der Waals surface area contributed by atoms with E-state index in [1.54, 1.807) is 18.0 Å². The summed E-state index contributed by atoms with van der Waals surface area (Å²) in [7, 11) is 0. The van der Waals surface area contributed by atoms with Crippen LogP contribution in [0.1, 0.15) is 29.5 Å². The van der Waals surface area contributed by atoms with E-state index in [1.165, 1.54) is 11.1 Å². The number of nitrogens with zero attached hydrogens (tertiary/aromatic N) is 2. The number of nitrogens with one attached hydrogen (secondary N) is 1. The van der Waals surface area contributed by atoms with Crippen LogP contribution < -0.4 is 5.32 Å². The molecule has 1 fully saturated rings. The van der Waals surface area contributed by atoms with Crippen LogP contribution in [0.2, 0.25) is 0 Å². The topological polar surface area (TPSA) is 62.3 Å². The zero-order chi connectivity index (χ0) is 19.9. The molecule has 5 nitrogen and oxygen atoms in total. The van der Waals surface area contributed by atoms with E-state index in [0.717, 1.165) is 30.7 Å². The van der Waals surface area contributed by atoms with Gasteiger partial charge in [0.25, 0.3) is 0 Å². The molecule has 2 aromatic rings. The SMILES string of the molecule is Cc1cccc(CSCC(=O)N2CCCC(C(=O)Nc3ncccc3C)C2)c1. The van der Waals surface area contributed by atoms with Gasteiger partial charge in [-0.1, -0.05) is 35.9 Å². The highest BCUT2D eigenvalue weighted by atomic mass is 32.2. The number of benzene rings is 1. The summed E-state index contributed by atoms with van der Waals surface area (Å²) in [5.41, 5.74) is 3.41. The van der Waals surface area contributed by atoms with Crippen molar-refractivity contribution in [2.24, 2.45) is 5.92 Å². The van der Waals surface area contributed by atoms with Gasteiger partial charge in [0.1, 0.15) is 5.82 Å². The van der Waals surface area contributed by atoms with Crippen molar-refractivity contribution >= 4 is 29.4 Å². The highest BCUT2D eigenvalue weighted by molar-refractivity contribution is 7.99. The van der Waals surface area contributed by atoms with Crippen LogP contribution in [0.25, 0.3) is 0 Å². The van der Waals surface area contributed by atoms with E-state index in [4.69, 9.17) is 0 Å². The van der Waals surface area contributed by atoms with Crippen molar-refractivity contribution in [3.05, 3.63) is 59.3 Å². The number of aromatic nitrogens is 1. The summed E-state index contributed by atoms with van der Waals surface area (Å²) in [5.74, 6) is 1.76. The Morgan fingerprint density at radius 1 is 1.25 bits per heavy atom. The van der Waals surface area contributed by atoms with Gasteiger partial charge in [-0.2, -0.15) is 0 Å². The predicted molar refractivity (Wildman–Crippen MR) is 114 cm³/mol. The Bertz CT molecular complexity index is 840. The van der Waals surface area contributed by atoms with Gasteiger partial charge in [0.05, 0.1) is 11.7 Å². The summed E-state index contributed by atoms with van der Waals surface area (Å²) in [6.07, 6.45) is 3.33. The van der Waals surface area contributed by atoms with Gasteiger partial charge < -0.3 is 10.2 Å². The summed E-state index contributed by atoms with van der Waals surface area (Å²) in [6, 6.07) is 12.1. The molecule has 148 valence electrons. The van der Waals surface area contributed by atoms with Gasteiger partial charge in [0.15, 0.2) is 0 Å². The molecule has 2 amide bonds. The molecule has 1 saturated heterocycles. The minimum atomic E-state index is -0.180. The highest BCUT2D eigenvalue weighted by Gasteiger charge is 2.28. The number of amides is 2. The van der Waals surface area contributed by atoms with Crippen LogP contribution >= 0.6 is 11.8 Å². The summed E-state index contributed by atoms with van der Waals surface area (Å²) in [5, 5.41) is 2.92. The molecule has 0 radical (unpaired) electrons. The fraction of sp³-hybridized carbons (Fsp3) is 0.409. The lowest BCUT2D eigenvalue weighted by atomic mass is 9.97. The molecule has 1 aliphatic heterocycles. The zero-order valence-electron chi connectivity index (χ0n) is 16.5. The normalized spacial score (nSPS) is 16.6. The first-order chi connectivity index (χ1) is 13.5. The summed E-state index contributed by atoms with van der Waals surface area (Å²) >= 11 is 1.63. The zero-order valence-corrected chi connectivity index (χ0v) is 17.3. The number of pyridine rings is 1. The van der Waals surface area contributed by atoms with Crippen molar-refractivity contribution in [3.8, 4) is 0 Å². The van der Waals surface area contributed by atoms with E-state index in [0.29, 0.717) is 18.1 Å². The minimum absolute atomic E-state index is 0.0493. The molecule has 1 unspecified atom stereocenters. The fourth-order valence-electron chi connectivity index (χ4n) is 3.40. The third-order valence-electron chi connectivity index (χ3n) is 4.97. The highest BCUT2D eigenvalue weighted by Crippen LogP contribution is 2.21. The van der Waals surface area contributed by atoms with Crippen molar-refractivity contribution in [2.75, 3.05) is 24.2 Å². The number of carbonyl (C=O) groups excluding carboxylic acids is 2. The Balaban J connectivity index is 1.49. The molecule has 3 rings (SSSR count).